The molecule has 0 aromatic rings. The molecule has 0 rings (SSSR count). The predicted molar refractivity (Wildman–Crippen MR) is 72.7 cm³/mol. The van der Waals surface area contributed by atoms with Crippen molar-refractivity contribution in [1.82, 2.24) is 5.32 Å². The Hall–Kier alpha value is -0.120. The number of aliphatic hydroxyl groups excluding tert-OH is 2. The third-order valence-electron chi connectivity index (χ3n) is 3.03. The van der Waals surface area contributed by atoms with Gasteiger partial charge < -0.3 is 10.2 Å². The zero-order chi connectivity index (χ0) is 12.9. The molecule has 0 aliphatic heterocycles. The molecule has 2 unspecified atom stereocenters. The number of rotatable bonds is 12. The minimum absolute atomic E-state index is 0.549. The Balaban J connectivity index is 3.24. The van der Waals surface area contributed by atoms with Crippen molar-refractivity contribution in [3.63, 3.8) is 0 Å². The summed E-state index contributed by atoms with van der Waals surface area (Å²) in [6.07, 6.45) is 10.1. The second-order valence-electron chi connectivity index (χ2n) is 4.90. The van der Waals surface area contributed by atoms with Gasteiger partial charge in [-0.05, 0) is 19.3 Å². The quantitative estimate of drug-likeness (QED) is 0.366. The lowest BCUT2D eigenvalue weighted by Crippen LogP contribution is -2.37. The van der Waals surface area contributed by atoms with Gasteiger partial charge in [0, 0.05) is 0 Å². The fourth-order valence-corrected chi connectivity index (χ4v) is 1.96. The average Bonchev–Trinajstić information content (AvgIpc) is 2.28. The van der Waals surface area contributed by atoms with Gasteiger partial charge in [0.15, 0.2) is 0 Å². The number of nitrogens with one attached hydrogen (secondary N) is 1. The van der Waals surface area contributed by atoms with Gasteiger partial charge in [-0.3, -0.25) is 5.32 Å². The van der Waals surface area contributed by atoms with Crippen LogP contribution in [0.25, 0.3) is 0 Å². The molecule has 17 heavy (non-hydrogen) atoms. The van der Waals surface area contributed by atoms with Gasteiger partial charge in [0.05, 0.1) is 0 Å². The second-order valence-corrected chi connectivity index (χ2v) is 4.90. The molecule has 0 saturated carbocycles. The first-order chi connectivity index (χ1) is 8.20. The van der Waals surface area contributed by atoms with Crippen molar-refractivity contribution >= 4 is 0 Å². The van der Waals surface area contributed by atoms with Crippen molar-refractivity contribution in [2.24, 2.45) is 0 Å². The highest BCUT2D eigenvalue weighted by molar-refractivity contribution is 4.58. The van der Waals surface area contributed by atoms with Crippen LogP contribution in [0.5, 0.6) is 0 Å². The summed E-state index contributed by atoms with van der Waals surface area (Å²) in [5.41, 5.74) is 0. The fourth-order valence-electron chi connectivity index (χ4n) is 1.96. The Labute approximate surface area is 107 Å². The van der Waals surface area contributed by atoms with Gasteiger partial charge in [-0.15, -0.1) is 0 Å². The topological polar surface area (TPSA) is 52.5 Å². The van der Waals surface area contributed by atoms with E-state index in [4.69, 9.17) is 0 Å². The molecule has 3 nitrogen and oxygen atoms in total. The maximum atomic E-state index is 9.62. The summed E-state index contributed by atoms with van der Waals surface area (Å²) < 4.78 is 0. The van der Waals surface area contributed by atoms with E-state index in [1.807, 2.05) is 6.92 Å². The molecule has 0 spiro atoms. The first-order valence-corrected chi connectivity index (χ1v) is 7.32. The molecular weight excluding hydrogens is 214 g/mol. The third-order valence-corrected chi connectivity index (χ3v) is 3.03. The van der Waals surface area contributed by atoms with Crippen molar-refractivity contribution in [2.45, 2.75) is 90.5 Å². The van der Waals surface area contributed by atoms with Crippen molar-refractivity contribution in [3.8, 4) is 0 Å². The lowest BCUT2D eigenvalue weighted by molar-refractivity contribution is 0.0320. The second kappa shape index (κ2) is 12.3. The van der Waals surface area contributed by atoms with Gasteiger partial charge in [-0.25, -0.2) is 0 Å². The van der Waals surface area contributed by atoms with E-state index < -0.39 is 12.5 Å². The molecule has 0 aliphatic carbocycles. The van der Waals surface area contributed by atoms with Crippen LogP contribution in [0.4, 0.5) is 0 Å². The van der Waals surface area contributed by atoms with Crippen LogP contribution < -0.4 is 5.32 Å². The normalized spacial score (nSPS) is 14.8. The molecule has 0 fully saturated rings. The molecule has 0 amide bonds. The van der Waals surface area contributed by atoms with E-state index in [9.17, 15) is 10.2 Å². The Morgan fingerprint density at radius 1 is 0.706 bits per heavy atom. The Morgan fingerprint density at radius 2 is 1.24 bits per heavy atom. The van der Waals surface area contributed by atoms with Crippen molar-refractivity contribution in [1.29, 1.82) is 0 Å². The number of hydrogen-bond acceptors (Lipinski definition) is 3. The molecule has 3 N–H and O–H groups in total. The van der Waals surface area contributed by atoms with Crippen molar-refractivity contribution < 1.29 is 10.2 Å². The molecule has 0 heterocycles. The summed E-state index contributed by atoms with van der Waals surface area (Å²) in [6, 6.07) is 0. The lowest BCUT2D eigenvalue weighted by atomic mass is 10.1. The van der Waals surface area contributed by atoms with Crippen LogP contribution in [0.2, 0.25) is 0 Å². The van der Waals surface area contributed by atoms with Gasteiger partial charge >= 0.3 is 0 Å². The summed E-state index contributed by atoms with van der Waals surface area (Å²) in [7, 11) is 0. The molecule has 2 atom stereocenters. The predicted octanol–water partition coefficient (Wildman–Crippen LogP) is 3.15. The van der Waals surface area contributed by atoms with Gasteiger partial charge in [0.25, 0.3) is 0 Å². The van der Waals surface area contributed by atoms with Gasteiger partial charge in [-0.2, -0.15) is 0 Å². The minimum atomic E-state index is -0.556. The number of hydrogen-bond donors (Lipinski definition) is 3. The molecule has 104 valence electrons. The largest absolute Gasteiger partial charge is 0.379 e. The first-order valence-electron chi connectivity index (χ1n) is 7.32. The summed E-state index contributed by atoms with van der Waals surface area (Å²) in [5.74, 6) is 0. The summed E-state index contributed by atoms with van der Waals surface area (Å²) >= 11 is 0. The average molecular weight is 245 g/mol. The zero-order valence-electron chi connectivity index (χ0n) is 11.6. The summed E-state index contributed by atoms with van der Waals surface area (Å²) in [5, 5.41) is 21.9. The summed E-state index contributed by atoms with van der Waals surface area (Å²) in [6.45, 7) is 4.25. The first kappa shape index (κ1) is 16.9. The fraction of sp³-hybridized carbons (Fsp3) is 1.00. The van der Waals surface area contributed by atoms with Crippen LogP contribution >= 0.6 is 0 Å². The van der Waals surface area contributed by atoms with E-state index in [-0.39, 0.29) is 0 Å². The molecule has 0 aromatic heterocycles. The maximum Gasteiger partial charge on any atom is 0.106 e. The summed E-state index contributed by atoms with van der Waals surface area (Å²) in [4.78, 5) is 0. The SMILES string of the molecule is CCCCCCCCCC(O)NC(O)CCC. The smallest absolute Gasteiger partial charge is 0.106 e. The van der Waals surface area contributed by atoms with Crippen LogP contribution in [0, 0.1) is 0 Å². The van der Waals surface area contributed by atoms with E-state index in [0.29, 0.717) is 6.42 Å². The monoisotopic (exact) mass is 245 g/mol. The van der Waals surface area contributed by atoms with E-state index in [1.165, 1.54) is 38.5 Å². The Morgan fingerprint density at radius 3 is 1.82 bits per heavy atom. The van der Waals surface area contributed by atoms with E-state index >= 15 is 0 Å². The lowest BCUT2D eigenvalue weighted by Gasteiger charge is -2.17. The molecule has 0 aliphatic rings. The number of aliphatic hydroxyl groups is 2. The van der Waals surface area contributed by atoms with Crippen LogP contribution in [0.3, 0.4) is 0 Å². The molecular formula is C14H31NO2. The molecule has 0 radical (unpaired) electrons. The minimum Gasteiger partial charge on any atom is -0.379 e. The highest BCUT2D eigenvalue weighted by Gasteiger charge is 2.08. The molecule has 3 heteroatoms. The maximum absolute atomic E-state index is 9.62. The van der Waals surface area contributed by atoms with Crippen LogP contribution in [-0.4, -0.2) is 22.7 Å². The van der Waals surface area contributed by atoms with E-state index in [0.717, 1.165) is 19.3 Å². The standard InChI is InChI=1S/C14H31NO2/c1-3-5-6-7-8-9-10-12-14(17)15-13(16)11-4-2/h13-17H,3-12H2,1-2H3. The van der Waals surface area contributed by atoms with Crippen LogP contribution in [0.1, 0.15) is 78.1 Å². The highest BCUT2D eigenvalue weighted by Crippen LogP contribution is 2.09. The van der Waals surface area contributed by atoms with Gasteiger partial charge in [0.1, 0.15) is 12.5 Å². The van der Waals surface area contributed by atoms with Crippen LogP contribution in [0.15, 0.2) is 0 Å². The molecule has 0 aromatic carbocycles. The van der Waals surface area contributed by atoms with Crippen molar-refractivity contribution in [2.75, 3.05) is 0 Å². The number of unbranched alkanes of at least 4 members (excludes halogenated alkanes) is 6. The van der Waals surface area contributed by atoms with Gasteiger partial charge in [0.2, 0.25) is 0 Å². The third kappa shape index (κ3) is 12.1. The zero-order valence-corrected chi connectivity index (χ0v) is 11.6. The van der Waals surface area contributed by atoms with Crippen LogP contribution in [-0.2, 0) is 0 Å². The molecule has 0 saturated heterocycles. The Bertz CT molecular complexity index is 153. The van der Waals surface area contributed by atoms with E-state index in [2.05, 4.69) is 12.2 Å². The highest BCUT2D eigenvalue weighted by atomic mass is 16.3. The Kier molecular flexibility index (Phi) is 12.3. The van der Waals surface area contributed by atoms with Gasteiger partial charge in [-0.1, -0.05) is 58.8 Å². The van der Waals surface area contributed by atoms with E-state index in [1.54, 1.807) is 0 Å². The van der Waals surface area contributed by atoms with Crippen molar-refractivity contribution in [3.05, 3.63) is 0 Å². The molecule has 0 bridgehead atoms.